The van der Waals surface area contributed by atoms with Gasteiger partial charge in [0.2, 0.25) is 11.5 Å². The number of carbonyl (C=O) groups excluding carboxylic acids is 2. The molecule has 0 spiro atoms. The molecule has 5 aromatic heterocycles. The first-order valence-corrected chi connectivity index (χ1v) is 11.5. The molecule has 0 aliphatic rings. The van der Waals surface area contributed by atoms with Crippen molar-refractivity contribution in [1.82, 2.24) is 24.5 Å². The van der Waals surface area contributed by atoms with Crippen molar-refractivity contribution in [2.75, 3.05) is 5.32 Å². The highest BCUT2D eigenvalue weighted by atomic mass is 35.5. The molecule has 0 atom stereocenters. The van der Waals surface area contributed by atoms with E-state index in [-0.39, 0.29) is 40.9 Å². The normalized spacial score (nSPS) is 11.0. The number of halogens is 1. The zero-order valence-corrected chi connectivity index (χ0v) is 19.7. The van der Waals surface area contributed by atoms with E-state index in [1.165, 1.54) is 42.1 Å². The molecule has 0 radical (unpaired) electrons. The fraction of sp³-hybridized carbons (Fsp3) is 0.0909. The van der Waals surface area contributed by atoms with Crippen LogP contribution in [0.4, 0.5) is 5.82 Å². The average Bonchev–Trinajstić information content (AvgIpc) is 3.66. The van der Waals surface area contributed by atoms with Crippen LogP contribution in [0.2, 0.25) is 4.34 Å². The largest absolute Gasteiger partial charge is 0.507 e. The Labute approximate surface area is 210 Å². The number of rotatable bonds is 8. The summed E-state index contributed by atoms with van der Waals surface area (Å²) in [5.74, 6) is -1.27. The number of oxazole rings is 1. The first-order chi connectivity index (χ1) is 17.4. The highest BCUT2D eigenvalue weighted by molar-refractivity contribution is 7.16. The molecule has 5 heterocycles. The molecule has 0 amide bonds. The summed E-state index contributed by atoms with van der Waals surface area (Å²) in [6, 6.07) is 7.46. The van der Waals surface area contributed by atoms with Crippen LogP contribution in [-0.4, -0.2) is 41.3 Å². The number of ketones is 1. The lowest BCUT2D eigenvalue weighted by Crippen LogP contribution is -2.23. The van der Waals surface area contributed by atoms with Gasteiger partial charge in [0.05, 0.1) is 35.4 Å². The number of Topliss-reactive ketones (excluding diaryl/α,β-unsaturated/α-hetero) is 1. The third-order valence-corrected chi connectivity index (χ3v) is 6.26. The number of aromatic hydroxyl groups is 1. The summed E-state index contributed by atoms with van der Waals surface area (Å²) in [7, 11) is 0. The second-order valence-corrected chi connectivity index (χ2v) is 9.19. The Hall–Kier alpha value is -4.49. The fourth-order valence-electron chi connectivity index (χ4n) is 3.32. The molecule has 12 nitrogen and oxygen atoms in total. The third-order valence-electron chi connectivity index (χ3n) is 5.02. The second kappa shape index (κ2) is 9.64. The SMILES string of the molecule is O=C(Cn1cc(-c2cc(NCc3ccc(Cl)s3)n(C(=O)c3ccno3)n2)c(O)cc1=O)c1cnco1. The molecular weight excluding hydrogens is 512 g/mol. The van der Waals surface area contributed by atoms with Gasteiger partial charge in [-0.15, -0.1) is 11.3 Å². The van der Waals surface area contributed by atoms with Crippen molar-refractivity contribution in [3.8, 4) is 17.0 Å². The summed E-state index contributed by atoms with van der Waals surface area (Å²) >= 11 is 7.37. The van der Waals surface area contributed by atoms with Crippen LogP contribution < -0.4 is 10.9 Å². The van der Waals surface area contributed by atoms with E-state index in [1.54, 1.807) is 6.07 Å². The maximum Gasteiger partial charge on any atom is 0.318 e. The molecule has 0 aliphatic heterocycles. The lowest BCUT2D eigenvalue weighted by Gasteiger charge is -2.07. The molecular formula is C22H15ClN6O6S. The molecule has 0 bridgehead atoms. The highest BCUT2D eigenvalue weighted by Gasteiger charge is 2.22. The van der Waals surface area contributed by atoms with Gasteiger partial charge >= 0.3 is 5.91 Å². The quantitative estimate of drug-likeness (QED) is 0.287. The van der Waals surface area contributed by atoms with Crippen molar-refractivity contribution in [1.29, 1.82) is 0 Å². The van der Waals surface area contributed by atoms with Crippen molar-refractivity contribution in [2.45, 2.75) is 13.1 Å². The summed E-state index contributed by atoms with van der Waals surface area (Å²) in [5, 5.41) is 21.5. The molecule has 0 aliphatic carbocycles. The van der Waals surface area contributed by atoms with Crippen LogP contribution in [0.1, 0.15) is 26.0 Å². The van der Waals surface area contributed by atoms with Crippen molar-refractivity contribution >= 4 is 40.4 Å². The number of anilines is 1. The Morgan fingerprint density at radius 1 is 1.19 bits per heavy atom. The van der Waals surface area contributed by atoms with E-state index >= 15 is 0 Å². The molecule has 0 saturated heterocycles. The Morgan fingerprint density at radius 3 is 2.75 bits per heavy atom. The van der Waals surface area contributed by atoms with Crippen LogP contribution in [0.3, 0.4) is 0 Å². The van der Waals surface area contributed by atoms with E-state index in [4.69, 9.17) is 20.5 Å². The second-order valence-electron chi connectivity index (χ2n) is 7.40. The van der Waals surface area contributed by atoms with Gasteiger partial charge < -0.3 is 23.9 Å². The summed E-state index contributed by atoms with van der Waals surface area (Å²) in [6.45, 7) is -0.0212. The van der Waals surface area contributed by atoms with E-state index in [0.29, 0.717) is 10.9 Å². The van der Waals surface area contributed by atoms with Gasteiger partial charge in [-0.25, -0.2) is 4.98 Å². The van der Waals surface area contributed by atoms with E-state index in [0.717, 1.165) is 26.6 Å². The Bertz CT molecular complexity index is 1600. The number of nitrogens with one attached hydrogen (secondary N) is 1. The van der Waals surface area contributed by atoms with Gasteiger partial charge in [-0.3, -0.25) is 14.4 Å². The van der Waals surface area contributed by atoms with E-state index in [2.05, 4.69) is 20.6 Å². The summed E-state index contributed by atoms with van der Waals surface area (Å²) < 4.78 is 12.7. The topological polar surface area (TPSA) is 158 Å². The zero-order valence-electron chi connectivity index (χ0n) is 18.1. The van der Waals surface area contributed by atoms with Gasteiger partial charge in [0.25, 0.3) is 5.56 Å². The van der Waals surface area contributed by atoms with Crippen molar-refractivity contribution in [3.05, 3.63) is 86.4 Å². The van der Waals surface area contributed by atoms with Crippen LogP contribution in [0.15, 0.2) is 69.1 Å². The highest BCUT2D eigenvalue weighted by Crippen LogP contribution is 2.30. The van der Waals surface area contributed by atoms with E-state index in [1.807, 2.05) is 6.07 Å². The molecule has 36 heavy (non-hydrogen) atoms. The molecule has 0 aromatic carbocycles. The molecule has 2 N–H and O–H groups in total. The van der Waals surface area contributed by atoms with Crippen LogP contribution in [0, 0.1) is 0 Å². The molecule has 5 rings (SSSR count). The maximum absolute atomic E-state index is 13.0. The summed E-state index contributed by atoms with van der Waals surface area (Å²) in [6.07, 6.45) is 4.95. The smallest absolute Gasteiger partial charge is 0.318 e. The number of aromatic nitrogens is 5. The van der Waals surface area contributed by atoms with Gasteiger partial charge in [0, 0.05) is 29.3 Å². The minimum atomic E-state index is -0.616. The fourth-order valence-corrected chi connectivity index (χ4v) is 4.35. The van der Waals surface area contributed by atoms with Gasteiger partial charge in [0.15, 0.2) is 12.2 Å². The van der Waals surface area contributed by atoms with Crippen molar-refractivity contribution < 1.29 is 23.6 Å². The molecule has 182 valence electrons. The lowest BCUT2D eigenvalue weighted by atomic mass is 10.2. The van der Waals surface area contributed by atoms with E-state index < -0.39 is 17.2 Å². The monoisotopic (exact) mass is 526 g/mol. The summed E-state index contributed by atoms with van der Waals surface area (Å²) in [5.41, 5.74) is -0.339. The number of hydrogen-bond acceptors (Lipinski definition) is 11. The molecule has 0 fully saturated rings. The molecule has 0 saturated carbocycles. The lowest BCUT2D eigenvalue weighted by molar-refractivity contribution is 0.0909. The number of nitrogens with zero attached hydrogens (tertiary/aromatic N) is 5. The van der Waals surface area contributed by atoms with Crippen LogP contribution >= 0.6 is 22.9 Å². The standard InChI is InChI=1S/C22H15ClN6O6S/c23-19-2-1-12(36-19)7-25-20-5-14(27-29(20)22(33)17-3-4-26-35-17)13-9-28(21(32)6-15(13)30)10-16(31)18-8-24-11-34-18/h1-6,8-9,11,25,30H,7,10H2. The molecule has 5 aromatic rings. The number of pyridine rings is 1. The predicted octanol–water partition coefficient (Wildman–Crippen LogP) is 3.29. The molecule has 14 heteroatoms. The number of carbonyl (C=O) groups is 2. The van der Waals surface area contributed by atoms with Gasteiger partial charge in [-0.2, -0.15) is 9.78 Å². The van der Waals surface area contributed by atoms with Crippen molar-refractivity contribution in [3.63, 3.8) is 0 Å². The first kappa shape index (κ1) is 23.3. The van der Waals surface area contributed by atoms with Crippen LogP contribution in [0.25, 0.3) is 11.3 Å². The average molecular weight is 527 g/mol. The Kier molecular flexibility index (Phi) is 6.23. The zero-order chi connectivity index (χ0) is 25.2. The van der Waals surface area contributed by atoms with Crippen LogP contribution in [0.5, 0.6) is 5.75 Å². The first-order valence-electron chi connectivity index (χ1n) is 10.3. The number of hydrogen-bond donors (Lipinski definition) is 2. The van der Waals surface area contributed by atoms with Gasteiger partial charge in [-0.05, 0) is 12.1 Å². The van der Waals surface area contributed by atoms with Gasteiger partial charge in [0.1, 0.15) is 17.3 Å². The van der Waals surface area contributed by atoms with Gasteiger partial charge in [-0.1, -0.05) is 16.8 Å². The van der Waals surface area contributed by atoms with E-state index in [9.17, 15) is 19.5 Å². The predicted molar refractivity (Wildman–Crippen MR) is 127 cm³/mol. The third kappa shape index (κ3) is 4.69. The maximum atomic E-state index is 13.0. The Balaban J connectivity index is 1.51. The summed E-state index contributed by atoms with van der Waals surface area (Å²) in [4.78, 5) is 42.4. The minimum Gasteiger partial charge on any atom is -0.507 e. The Morgan fingerprint density at radius 2 is 2.06 bits per heavy atom. The van der Waals surface area contributed by atoms with Crippen LogP contribution in [-0.2, 0) is 13.1 Å². The van der Waals surface area contributed by atoms with Crippen molar-refractivity contribution in [2.24, 2.45) is 0 Å². The molecule has 0 unspecified atom stereocenters. The number of thiophene rings is 1. The minimum absolute atomic E-state index is 0.0152.